The number of aromatic nitrogens is 3. The van der Waals surface area contributed by atoms with Crippen LogP contribution in [0.1, 0.15) is 36.9 Å². The van der Waals surface area contributed by atoms with Gasteiger partial charge in [-0.1, -0.05) is 30.2 Å². The predicted molar refractivity (Wildman–Crippen MR) is 116 cm³/mol. The highest BCUT2D eigenvalue weighted by Crippen LogP contribution is 2.30. The number of aliphatic hydroxyl groups excluding tert-OH is 1. The van der Waals surface area contributed by atoms with Crippen molar-refractivity contribution in [3.8, 4) is 0 Å². The van der Waals surface area contributed by atoms with Crippen molar-refractivity contribution in [1.29, 1.82) is 0 Å². The molecule has 4 aromatic rings. The minimum atomic E-state index is -0.287. The van der Waals surface area contributed by atoms with Crippen molar-refractivity contribution in [2.24, 2.45) is 0 Å². The lowest BCUT2D eigenvalue weighted by atomic mass is 9.93. The summed E-state index contributed by atoms with van der Waals surface area (Å²) in [4.78, 5) is 12.6. The minimum Gasteiger partial charge on any atom is -0.391 e. The fourth-order valence-corrected chi connectivity index (χ4v) is 5.00. The molecule has 3 heterocycles. The van der Waals surface area contributed by atoms with Crippen LogP contribution >= 0.6 is 11.3 Å². The van der Waals surface area contributed by atoms with Crippen LogP contribution in [0.5, 0.6) is 0 Å². The first-order valence-corrected chi connectivity index (χ1v) is 10.7. The summed E-state index contributed by atoms with van der Waals surface area (Å²) >= 11 is 1.64. The molecule has 146 valence electrons. The maximum absolute atomic E-state index is 10.2. The number of pyridine rings is 1. The summed E-state index contributed by atoms with van der Waals surface area (Å²) in [7, 11) is 0. The van der Waals surface area contributed by atoms with Gasteiger partial charge in [-0.25, -0.2) is 14.8 Å². The zero-order valence-electron chi connectivity index (χ0n) is 15.9. The molecule has 1 aromatic carbocycles. The van der Waals surface area contributed by atoms with Gasteiger partial charge in [0.15, 0.2) is 10.8 Å². The van der Waals surface area contributed by atoms with Gasteiger partial charge in [0.25, 0.3) is 0 Å². The van der Waals surface area contributed by atoms with Crippen LogP contribution in [-0.2, 0) is 6.42 Å². The van der Waals surface area contributed by atoms with E-state index in [-0.39, 0.29) is 12.1 Å². The fourth-order valence-electron chi connectivity index (χ4n) is 4.01. The Hall–Kier alpha value is -2.95. The van der Waals surface area contributed by atoms with Crippen LogP contribution in [0, 0.1) is 6.57 Å². The van der Waals surface area contributed by atoms with Crippen LogP contribution in [-0.4, -0.2) is 31.6 Å². The standard InChI is InChI=1S/C22H21N5OS/c1-23-15-8-9-27-16(13-24-21(27)12-15)10-14-6-7-18-20(11-14)29-22(26-18)25-17-4-2-3-5-19(17)28/h6-9,11-13,17,19,28H,2-5,10H2,(H,25,26)/t17-,19-/m1/s1. The Labute approximate surface area is 172 Å². The Balaban J connectivity index is 1.38. The third kappa shape index (κ3) is 3.57. The Morgan fingerprint density at radius 3 is 3.00 bits per heavy atom. The molecule has 2 atom stereocenters. The molecule has 1 aliphatic carbocycles. The van der Waals surface area contributed by atoms with E-state index in [1.807, 2.05) is 22.9 Å². The van der Waals surface area contributed by atoms with E-state index in [9.17, 15) is 5.11 Å². The normalized spacial score (nSPS) is 19.4. The van der Waals surface area contributed by atoms with Gasteiger partial charge in [-0.3, -0.25) is 0 Å². The number of benzene rings is 1. The first kappa shape index (κ1) is 18.1. The highest BCUT2D eigenvalue weighted by molar-refractivity contribution is 7.22. The average molecular weight is 404 g/mol. The number of nitrogens with zero attached hydrogens (tertiary/aromatic N) is 4. The molecule has 1 fully saturated rings. The lowest BCUT2D eigenvalue weighted by molar-refractivity contribution is 0.116. The number of thiazole rings is 1. The van der Waals surface area contributed by atoms with E-state index in [1.54, 1.807) is 17.4 Å². The number of anilines is 1. The number of imidazole rings is 1. The molecule has 0 spiro atoms. The Kier molecular flexibility index (Phi) is 4.66. The van der Waals surface area contributed by atoms with Crippen LogP contribution in [0.2, 0.25) is 0 Å². The maximum atomic E-state index is 10.2. The summed E-state index contributed by atoms with van der Waals surface area (Å²) in [6.07, 6.45) is 8.37. The number of hydrogen-bond acceptors (Lipinski definition) is 5. The van der Waals surface area contributed by atoms with Gasteiger partial charge in [-0.2, -0.15) is 0 Å². The number of nitrogens with one attached hydrogen (secondary N) is 1. The van der Waals surface area contributed by atoms with Crippen molar-refractivity contribution in [2.75, 3.05) is 5.32 Å². The summed E-state index contributed by atoms with van der Waals surface area (Å²) in [5, 5.41) is 14.5. The molecule has 0 saturated heterocycles. The number of hydrogen-bond donors (Lipinski definition) is 2. The van der Waals surface area contributed by atoms with E-state index in [4.69, 9.17) is 11.6 Å². The summed E-state index contributed by atoms with van der Waals surface area (Å²) in [5.74, 6) is 0. The van der Waals surface area contributed by atoms with E-state index >= 15 is 0 Å². The minimum absolute atomic E-state index is 0.0993. The van der Waals surface area contributed by atoms with E-state index in [2.05, 4.69) is 33.3 Å². The van der Waals surface area contributed by atoms with E-state index in [1.165, 1.54) is 5.56 Å². The second kappa shape index (κ2) is 7.47. The van der Waals surface area contributed by atoms with Crippen LogP contribution in [0.25, 0.3) is 20.7 Å². The third-order valence-corrected chi connectivity index (χ3v) is 6.53. The second-order valence-corrected chi connectivity index (χ2v) is 8.61. The summed E-state index contributed by atoms with van der Waals surface area (Å²) in [6, 6.07) is 10.1. The monoisotopic (exact) mass is 403 g/mol. The van der Waals surface area contributed by atoms with Crippen molar-refractivity contribution >= 4 is 38.0 Å². The molecule has 0 radical (unpaired) electrons. The smallest absolute Gasteiger partial charge is 0.192 e. The molecule has 0 amide bonds. The van der Waals surface area contributed by atoms with Crippen molar-refractivity contribution in [3.63, 3.8) is 0 Å². The number of rotatable bonds is 4. The van der Waals surface area contributed by atoms with Crippen molar-refractivity contribution in [1.82, 2.24) is 14.4 Å². The lowest BCUT2D eigenvalue weighted by Gasteiger charge is -2.27. The molecule has 2 N–H and O–H groups in total. The fraction of sp³-hybridized carbons (Fsp3) is 0.318. The Morgan fingerprint density at radius 2 is 2.14 bits per heavy atom. The molecule has 29 heavy (non-hydrogen) atoms. The predicted octanol–water partition coefficient (Wildman–Crippen LogP) is 4.80. The Morgan fingerprint density at radius 1 is 1.24 bits per heavy atom. The summed E-state index contributed by atoms with van der Waals surface area (Å²) in [6.45, 7) is 7.14. The Bertz CT molecular complexity index is 1220. The van der Waals surface area contributed by atoms with E-state index < -0.39 is 0 Å². The quantitative estimate of drug-likeness (QED) is 0.480. The van der Waals surface area contributed by atoms with Crippen molar-refractivity contribution < 1.29 is 5.11 Å². The maximum Gasteiger partial charge on any atom is 0.192 e. The highest BCUT2D eigenvalue weighted by Gasteiger charge is 2.23. The topological polar surface area (TPSA) is 66.8 Å². The van der Waals surface area contributed by atoms with Gasteiger partial charge in [-0.05, 0) is 42.7 Å². The van der Waals surface area contributed by atoms with Crippen LogP contribution in [0.15, 0.2) is 42.7 Å². The van der Waals surface area contributed by atoms with Gasteiger partial charge in [0, 0.05) is 24.5 Å². The van der Waals surface area contributed by atoms with Gasteiger partial charge < -0.3 is 14.8 Å². The number of fused-ring (bicyclic) bond motifs is 2. The van der Waals surface area contributed by atoms with E-state index in [0.717, 1.165) is 58.8 Å². The molecule has 3 aromatic heterocycles. The molecule has 7 heteroatoms. The molecular weight excluding hydrogens is 382 g/mol. The van der Waals surface area contributed by atoms with Gasteiger partial charge >= 0.3 is 0 Å². The first-order valence-electron chi connectivity index (χ1n) is 9.87. The molecule has 0 bridgehead atoms. The molecule has 1 saturated carbocycles. The number of aliphatic hydroxyl groups is 1. The summed E-state index contributed by atoms with van der Waals surface area (Å²) < 4.78 is 3.17. The van der Waals surface area contributed by atoms with Gasteiger partial charge in [0.1, 0.15) is 5.65 Å². The third-order valence-electron chi connectivity index (χ3n) is 5.58. The molecule has 6 nitrogen and oxygen atoms in total. The van der Waals surface area contributed by atoms with Crippen molar-refractivity contribution in [2.45, 2.75) is 44.2 Å². The van der Waals surface area contributed by atoms with E-state index in [0.29, 0.717) is 5.69 Å². The summed E-state index contributed by atoms with van der Waals surface area (Å²) in [5.41, 5.74) is 4.66. The second-order valence-electron chi connectivity index (χ2n) is 7.57. The van der Waals surface area contributed by atoms with Crippen LogP contribution < -0.4 is 5.32 Å². The first-order chi connectivity index (χ1) is 14.2. The van der Waals surface area contributed by atoms with Gasteiger partial charge in [0.05, 0.1) is 28.9 Å². The molecule has 5 rings (SSSR count). The van der Waals surface area contributed by atoms with Crippen LogP contribution in [0.4, 0.5) is 10.8 Å². The highest BCUT2D eigenvalue weighted by atomic mass is 32.1. The average Bonchev–Trinajstić information content (AvgIpc) is 3.32. The lowest BCUT2D eigenvalue weighted by Crippen LogP contribution is -2.36. The van der Waals surface area contributed by atoms with Gasteiger partial charge in [0.2, 0.25) is 0 Å². The zero-order valence-corrected chi connectivity index (χ0v) is 16.7. The largest absolute Gasteiger partial charge is 0.391 e. The molecule has 0 unspecified atom stereocenters. The van der Waals surface area contributed by atoms with Crippen LogP contribution in [0.3, 0.4) is 0 Å². The van der Waals surface area contributed by atoms with Gasteiger partial charge in [-0.15, -0.1) is 0 Å². The molecular formula is C22H21N5OS. The zero-order chi connectivity index (χ0) is 19.8. The molecule has 0 aliphatic heterocycles. The SMILES string of the molecule is [C-]#[N+]c1ccn2c(Cc3ccc4nc(N[C@@H]5CCCC[C@H]5O)sc4c3)cnc2c1. The van der Waals surface area contributed by atoms with Crippen molar-refractivity contribution in [3.05, 3.63) is 65.4 Å². The molecule has 1 aliphatic rings.